The monoisotopic (exact) mass is 239 g/mol. The van der Waals surface area contributed by atoms with Gasteiger partial charge >= 0.3 is 5.97 Å². The summed E-state index contributed by atoms with van der Waals surface area (Å²) in [6.45, 7) is 3.41. The number of hydrogen-bond donors (Lipinski definition) is 2. The van der Waals surface area contributed by atoms with Gasteiger partial charge in [-0.05, 0) is 25.1 Å². The third kappa shape index (κ3) is 2.08. The van der Waals surface area contributed by atoms with Crippen molar-refractivity contribution < 1.29 is 19.1 Å². The van der Waals surface area contributed by atoms with Crippen LogP contribution in [-0.4, -0.2) is 31.3 Å². The van der Waals surface area contributed by atoms with Gasteiger partial charge in [-0.1, -0.05) is 6.92 Å². The van der Waals surface area contributed by atoms with Gasteiger partial charge < -0.3 is 19.6 Å². The Labute approximate surface area is 99.8 Å². The molecule has 5 nitrogen and oxygen atoms in total. The van der Waals surface area contributed by atoms with Gasteiger partial charge in [0.1, 0.15) is 11.4 Å². The quantitative estimate of drug-likeness (QED) is 0.750. The Morgan fingerprint density at radius 2 is 2.41 bits per heavy atom. The van der Waals surface area contributed by atoms with Crippen LogP contribution < -0.4 is 5.32 Å². The Morgan fingerprint density at radius 1 is 1.65 bits per heavy atom. The van der Waals surface area contributed by atoms with Crippen LogP contribution in [0.3, 0.4) is 0 Å². The van der Waals surface area contributed by atoms with Gasteiger partial charge in [0.15, 0.2) is 0 Å². The highest BCUT2D eigenvalue weighted by Crippen LogP contribution is 2.35. The van der Waals surface area contributed by atoms with Crippen LogP contribution in [0.15, 0.2) is 16.5 Å². The Balaban J connectivity index is 2.26. The van der Waals surface area contributed by atoms with E-state index in [1.165, 1.54) is 13.2 Å². The van der Waals surface area contributed by atoms with Gasteiger partial charge in [-0.15, -0.1) is 0 Å². The molecule has 0 aromatic carbocycles. The Hall–Kier alpha value is -1.33. The van der Waals surface area contributed by atoms with Crippen molar-refractivity contribution in [1.82, 2.24) is 5.32 Å². The van der Waals surface area contributed by atoms with Crippen LogP contribution in [0, 0.1) is 5.92 Å². The van der Waals surface area contributed by atoms with Gasteiger partial charge in [-0.25, -0.2) is 4.79 Å². The van der Waals surface area contributed by atoms with E-state index in [-0.39, 0.29) is 11.7 Å². The van der Waals surface area contributed by atoms with E-state index in [4.69, 9.17) is 4.42 Å². The first-order valence-corrected chi connectivity index (χ1v) is 5.69. The van der Waals surface area contributed by atoms with E-state index in [2.05, 4.69) is 10.1 Å². The molecule has 0 radical (unpaired) electrons. The number of carbonyl (C=O) groups is 1. The van der Waals surface area contributed by atoms with E-state index in [0.717, 1.165) is 13.1 Å². The summed E-state index contributed by atoms with van der Waals surface area (Å²) in [6, 6.07) is 3.18. The van der Waals surface area contributed by atoms with E-state index in [1.54, 1.807) is 6.07 Å². The zero-order valence-electron chi connectivity index (χ0n) is 10.0. The van der Waals surface area contributed by atoms with Crippen molar-refractivity contribution in [3.63, 3.8) is 0 Å². The molecule has 0 saturated carbocycles. The minimum absolute atomic E-state index is 0.0351. The minimum atomic E-state index is -1.00. The number of aliphatic hydroxyl groups is 1. The molecule has 1 fully saturated rings. The second-order valence-corrected chi connectivity index (χ2v) is 4.43. The Kier molecular flexibility index (Phi) is 3.22. The highest BCUT2D eigenvalue weighted by molar-refractivity contribution is 5.86. The summed E-state index contributed by atoms with van der Waals surface area (Å²) in [4.78, 5) is 11.3. The van der Waals surface area contributed by atoms with E-state index >= 15 is 0 Å². The molecule has 0 amide bonds. The fourth-order valence-electron chi connectivity index (χ4n) is 2.16. The smallest absolute Gasteiger partial charge is 0.373 e. The summed E-state index contributed by atoms with van der Waals surface area (Å²) in [5.74, 6) is 0.0721. The first-order chi connectivity index (χ1) is 8.08. The molecule has 2 unspecified atom stereocenters. The molecule has 2 atom stereocenters. The van der Waals surface area contributed by atoms with Crippen LogP contribution in [0.2, 0.25) is 0 Å². The van der Waals surface area contributed by atoms with Crippen molar-refractivity contribution in [2.24, 2.45) is 5.92 Å². The molecule has 2 rings (SSSR count). The lowest BCUT2D eigenvalue weighted by Gasteiger charge is -2.36. The van der Waals surface area contributed by atoms with Crippen molar-refractivity contribution in [3.8, 4) is 0 Å². The molecule has 1 aromatic heterocycles. The van der Waals surface area contributed by atoms with E-state index in [0.29, 0.717) is 12.2 Å². The largest absolute Gasteiger partial charge is 0.463 e. The number of ether oxygens (including phenoxy) is 1. The third-order valence-corrected chi connectivity index (χ3v) is 3.37. The summed E-state index contributed by atoms with van der Waals surface area (Å²) in [7, 11) is 1.30. The average molecular weight is 239 g/mol. The number of esters is 1. The third-order valence-electron chi connectivity index (χ3n) is 3.37. The van der Waals surface area contributed by atoms with Gasteiger partial charge in [-0.3, -0.25) is 0 Å². The molecule has 1 aromatic rings. The first kappa shape index (κ1) is 12.1. The normalized spacial score (nSPS) is 29.0. The van der Waals surface area contributed by atoms with Crippen molar-refractivity contribution in [3.05, 3.63) is 23.7 Å². The SMILES string of the molecule is COC(=O)c1ccc(C2(O)CCNCC2C)o1. The number of nitrogens with one attached hydrogen (secondary N) is 1. The van der Waals surface area contributed by atoms with Crippen molar-refractivity contribution >= 4 is 5.97 Å². The predicted molar refractivity (Wildman–Crippen MR) is 60.6 cm³/mol. The molecular formula is C12H17NO4. The molecule has 0 bridgehead atoms. The van der Waals surface area contributed by atoms with Gasteiger partial charge in [0.25, 0.3) is 0 Å². The molecule has 5 heteroatoms. The van der Waals surface area contributed by atoms with Gasteiger partial charge in [0.2, 0.25) is 5.76 Å². The van der Waals surface area contributed by atoms with Gasteiger partial charge in [0.05, 0.1) is 7.11 Å². The number of piperidine rings is 1. The number of methoxy groups -OCH3 is 1. The highest BCUT2D eigenvalue weighted by Gasteiger charge is 2.40. The minimum Gasteiger partial charge on any atom is -0.463 e. The standard InChI is InChI=1S/C12H17NO4/c1-8-7-13-6-5-12(8,15)10-4-3-9(17-10)11(14)16-2/h3-4,8,13,15H,5-7H2,1-2H3. The molecular weight excluding hydrogens is 222 g/mol. The zero-order chi connectivity index (χ0) is 12.5. The molecule has 0 aliphatic carbocycles. The number of rotatable bonds is 2. The second-order valence-electron chi connectivity index (χ2n) is 4.43. The van der Waals surface area contributed by atoms with Gasteiger partial charge in [0, 0.05) is 12.5 Å². The lowest BCUT2D eigenvalue weighted by molar-refractivity contribution is -0.0569. The zero-order valence-corrected chi connectivity index (χ0v) is 10.0. The predicted octanol–water partition coefficient (Wildman–Crippen LogP) is 0.883. The number of hydrogen-bond acceptors (Lipinski definition) is 5. The fourth-order valence-corrected chi connectivity index (χ4v) is 2.16. The van der Waals surface area contributed by atoms with Crippen LogP contribution >= 0.6 is 0 Å². The van der Waals surface area contributed by atoms with Crippen molar-refractivity contribution in [2.75, 3.05) is 20.2 Å². The molecule has 0 spiro atoms. The number of furan rings is 1. The van der Waals surface area contributed by atoms with E-state index in [1.807, 2.05) is 6.92 Å². The summed E-state index contributed by atoms with van der Waals surface area (Å²) in [6.07, 6.45) is 0.572. The van der Waals surface area contributed by atoms with E-state index in [9.17, 15) is 9.90 Å². The summed E-state index contributed by atoms with van der Waals surface area (Å²) < 4.78 is 9.97. The molecule has 2 N–H and O–H groups in total. The van der Waals surface area contributed by atoms with Crippen LogP contribution in [0.4, 0.5) is 0 Å². The first-order valence-electron chi connectivity index (χ1n) is 5.69. The lowest BCUT2D eigenvalue weighted by Crippen LogP contribution is -2.46. The topological polar surface area (TPSA) is 71.7 Å². The summed E-state index contributed by atoms with van der Waals surface area (Å²) in [5.41, 5.74) is -1.00. The summed E-state index contributed by atoms with van der Waals surface area (Å²) >= 11 is 0. The van der Waals surface area contributed by atoms with Crippen molar-refractivity contribution in [2.45, 2.75) is 18.9 Å². The van der Waals surface area contributed by atoms with E-state index < -0.39 is 11.6 Å². The highest BCUT2D eigenvalue weighted by atomic mass is 16.5. The molecule has 1 saturated heterocycles. The van der Waals surface area contributed by atoms with Crippen molar-refractivity contribution in [1.29, 1.82) is 0 Å². The lowest BCUT2D eigenvalue weighted by atomic mass is 9.81. The maximum atomic E-state index is 11.3. The van der Waals surface area contributed by atoms with Crippen LogP contribution in [-0.2, 0) is 10.3 Å². The number of carbonyl (C=O) groups excluding carboxylic acids is 1. The fraction of sp³-hybridized carbons (Fsp3) is 0.583. The maximum Gasteiger partial charge on any atom is 0.373 e. The average Bonchev–Trinajstić information content (AvgIpc) is 2.82. The van der Waals surface area contributed by atoms with Gasteiger partial charge in [-0.2, -0.15) is 0 Å². The van der Waals surface area contributed by atoms with Crippen LogP contribution in [0.5, 0.6) is 0 Å². The second kappa shape index (κ2) is 4.50. The van der Waals surface area contributed by atoms with Crippen LogP contribution in [0.1, 0.15) is 29.7 Å². The Bertz CT molecular complexity index is 414. The Morgan fingerprint density at radius 3 is 3.06 bits per heavy atom. The molecule has 2 heterocycles. The molecule has 1 aliphatic rings. The summed E-state index contributed by atoms with van der Waals surface area (Å²) in [5, 5.41) is 13.8. The molecule has 94 valence electrons. The van der Waals surface area contributed by atoms with Crippen LogP contribution in [0.25, 0.3) is 0 Å². The molecule has 1 aliphatic heterocycles. The molecule has 17 heavy (non-hydrogen) atoms. The maximum absolute atomic E-state index is 11.3.